The summed E-state index contributed by atoms with van der Waals surface area (Å²) in [6.45, 7) is 5.14. The molecule has 0 spiro atoms. The van der Waals surface area contributed by atoms with Crippen molar-refractivity contribution in [3.05, 3.63) is 0 Å². The Labute approximate surface area is 109 Å². The molecule has 2 aliphatic rings. The number of ether oxygens (including phenoxy) is 2. The highest BCUT2D eigenvalue weighted by Gasteiger charge is 2.46. The lowest BCUT2D eigenvalue weighted by molar-refractivity contribution is -0.140. The van der Waals surface area contributed by atoms with Crippen molar-refractivity contribution in [2.45, 2.75) is 32.0 Å². The van der Waals surface area contributed by atoms with Crippen molar-refractivity contribution in [1.82, 2.24) is 10.2 Å². The minimum absolute atomic E-state index is 0.00205. The topological polar surface area (TPSA) is 50.8 Å². The molecule has 104 valence electrons. The highest BCUT2D eigenvalue weighted by atomic mass is 16.5. The van der Waals surface area contributed by atoms with E-state index < -0.39 is 0 Å². The van der Waals surface area contributed by atoms with Gasteiger partial charge in [0, 0.05) is 33.9 Å². The zero-order valence-corrected chi connectivity index (χ0v) is 11.6. The van der Waals surface area contributed by atoms with Crippen LogP contribution in [0.4, 0.5) is 0 Å². The lowest BCUT2D eigenvalue weighted by Crippen LogP contribution is -2.44. The third-order valence-electron chi connectivity index (χ3n) is 4.48. The molecule has 0 saturated carbocycles. The van der Waals surface area contributed by atoms with Gasteiger partial charge in [-0.05, 0) is 19.4 Å². The van der Waals surface area contributed by atoms with Gasteiger partial charge in [0.2, 0.25) is 5.91 Å². The second-order valence-electron chi connectivity index (χ2n) is 5.32. The normalized spacial score (nSPS) is 36.3. The molecule has 0 aromatic rings. The summed E-state index contributed by atoms with van der Waals surface area (Å²) in [5.74, 6) is 0.261. The van der Waals surface area contributed by atoms with E-state index in [1.165, 1.54) is 0 Å². The van der Waals surface area contributed by atoms with Crippen LogP contribution in [-0.2, 0) is 14.3 Å². The maximum Gasteiger partial charge on any atom is 0.230 e. The molecule has 5 nitrogen and oxygen atoms in total. The lowest BCUT2D eigenvalue weighted by atomic mass is 9.83. The minimum atomic E-state index is -0.207. The van der Waals surface area contributed by atoms with Crippen LogP contribution in [0.1, 0.15) is 19.8 Å². The maximum absolute atomic E-state index is 12.7. The predicted octanol–water partition coefficient (Wildman–Crippen LogP) is 0.248. The summed E-state index contributed by atoms with van der Waals surface area (Å²) >= 11 is 0. The molecule has 0 aromatic heterocycles. The summed E-state index contributed by atoms with van der Waals surface area (Å²) in [6, 6.07) is 0. The van der Waals surface area contributed by atoms with Crippen molar-refractivity contribution in [1.29, 1.82) is 0 Å². The monoisotopic (exact) mass is 256 g/mol. The molecule has 2 aliphatic heterocycles. The molecule has 0 bridgehead atoms. The molecule has 2 saturated heterocycles. The average Bonchev–Trinajstić information content (AvgIpc) is 3.04. The molecule has 2 heterocycles. The average molecular weight is 256 g/mol. The van der Waals surface area contributed by atoms with Crippen LogP contribution in [0.15, 0.2) is 0 Å². The summed E-state index contributed by atoms with van der Waals surface area (Å²) in [6.07, 6.45) is 1.84. The third-order valence-corrected chi connectivity index (χ3v) is 4.48. The number of likely N-dealkylation sites (tertiary alicyclic amines) is 1. The quantitative estimate of drug-likeness (QED) is 0.783. The van der Waals surface area contributed by atoms with Crippen LogP contribution in [0, 0.1) is 5.41 Å². The number of methoxy groups -OCH3 is 2. The first-order valence-corrected chi connectivity index (χ1v) is 6.72. The van der Waals surface area contributed by atoms with Crippen molar-refractivity contribution in [2.24, 2.45) is 5.41 Å². The zero-order valence-electron chi connectivity index (χ0n) is 11.6. The Hall–Kier alpha value is -0.650. The summed E-state index contributed by atoms with van der Waals surface area (Å²) in [4.78, 5) is 14.6. The van der Waals surface area contributed by atoms with Gasteiger partial charge in [0.1, 0.15) is 12.2 Å². The van der Waals surface area contributed by atoms with Crippen molar-refractivity contribution < 1.29 is 14.3 Å². The number of hydrogen-bond acceptors (Lipinski definition) is 4. The van der Waals surface area contributed by atoms with Gasteiger partial charge in [-0.25, -0.2) is 0 Å². The standard InChI is InChI=1S/C13H24N2O3/c1-4-13(5-6-14-9-13)12(16)15-7-10(17-2)11(8-15)18-3/h10-11,14H,4-9H2,1-3H3. The molecule has 3 atom stereocenters. The fourth-order valence-corrected chi connectivity index (χ4v) is 3.08. The van der Waals surface area contributed by atoms with E-state index in [2.05, 4.69) is 12.2 Å². The van der Waals surface area contributed by atoms with Gasteiger partial charge in [0.05, 0.1) is 5.41 Å². The molecular formula is C13H24N2O3. The van der Waals surface area contributed by atoms with Gasteiger partial charge in [-0.3, -0.25) is 4.79 Å². The van der Waals surface area contributed by atoms with Crippen molar-refractivity contribution in [2.75, 3.05) is 40.4 Å². The van der Waals surface area contributed by atoms with Crippen molar-refractivity contribution >= 4 is 5.91 Å². The van der Waals surface area contributed by atoms with Crippen LogP contribution in [0.2, 0.25) is 0 Å². The second kappa shape index (κ2) is 5.55. The van der Waals surface area contributed by atoms with E-state index in [1.54, 1.807) is 14.2 Å². The molecule has 0 aliphatic carbocycles. The van der Waals surface area contributed by atoms with E-state index >= 15 is 0 Å². The van der Waals surface area contributed by atoms with E-state index in [4.69, 9.17) is 9.47 Å². The van der Waals surface area contributed by atoms with Gasteiger partial charge < -0.3 is 19.7 Å². The Bertz CT molecular complexity index is 291. The maximum atomic E-state index is 12.7. The van der Waals surface area contributed by atoms with Gasteiger partial charge in [0.25, 0.3) is 0 Å². The van der Waals surface area contributed by atoms with Crippen LogP contribution in [0.5, 0.6) is 0 Å². The smallest absolute Gasteiger partial charge is 0.230 e. The summed E-state index contributed by atoms with van der Waals surface area (Å²) in [5, 5.41) is 3.31. The Morgan fingerprint density at radius 1 is 1.33 bits per heavy atom. The first kappa shape index (κ1) is 13.8. The van der Waals surface area contributed by atoms with E-state index in [0.29, 0.717) is 13.1 Å². The zero-order chi connectivity index (χ0) is 13.2. The Balaban J connectivity index is 2.06. The fourth-order valence-electron chi connectivity index (χ4n) is 3.08. The number of rotatable bonds is 4. The van der Waals surface area contributed by atoms with Crippen LogP contribution >= 0.6 is 0 Å². The molecule has 18 heavy (non-hydrogen) atoms. The number of nitrogens with one attached hydrogen (secondary N) is 1. The highest BCUT2D eigenvalue weighted by Crippen LogP contribution is 2.33. The van der Waals surface area contributed by atoms with Gasteiger partial charge in [-0.2, -0.15) is 0 Å². The molecule has 2 rings (SSSR count). The molecule has 1 amide bonds. The molecule has 0 aromatic carbocycles. The van der Waals surface area contributed by atoms with Gasteiger partial charge >= 0.3 is 0 Å². The molecule has 2 fully saturated rings. The second-order valence-corrected chi connectivity index (χ2v) is 5.32. The summed E-state index contributed by atoms with van der Waals surface area (Å²) in [5.41, 5.74) is -0.207. The van der Waals surface area contributed by atoms with Gasteiger partial charge in [-0.1, -0.05) is 6.92 Å². The van der Waals surface area contributed by atoms with Crippen LogP contribution < -0.4 is 5.32 Å². The number of carbonyl (C=O) groups is 1. The lowest BCUT2D eigenvalue weighted by Gasteiger charge is -2.30. The SMILES string of the molecule is CCC1(C(=O)N2CC(OC)C(OC)C2)CCNC1. The Morgan fingerprint density at radius 3 is 2.33 bits per heavy atom. The first-order chi connectivity index (χ1) is 8.66. The van der Waals surface area contributed by atoms with E-state index in [-0.39, 0.29) is 23.5 Å². The number of hydrogen-bond donors (Lipinski definition) is 1. The number of nitrogens with zero attached hydrogens (tertiary/aromatic N) is 1. The van der Waals surface area contributed by atoms with Crippen molar-refractivity contribution in [3.63, 3.8) is 0 Å². The highest BCUT2D eigenvalue weighted by molar-refractivity contribution is 5.83. The van der Waals surface area contributed by atoms with Crippen LogP contribution in [-0.4, -0.2) is 63.4 Å². The van der Waals surface area contributed by atoms with Crippen molar-refractivity contribution in [3.8, 4) is 0 Å². The predicted molar refractivity (Wildman–Crippen MR) is 68.4 cm³/mol. The largest absolute Gasteiger partial charge is 0.377 e. The van der Waals surface area contributed by atoms with E-state index in [0.717, 1.165) is 25.9 Å². The van der Waals surface area contributed by atoms with E-state index in [9.17, 15) is 4.79 Å². The first-order valence-electron chi connectivity index (χ1n) is 6.72. The fraction of sp³-hybridized carbons (Fsp3) is 0.923. The summed E-state index contributed by atoms with van der Waals surface area (Å²) in [7, 11) is 3.36. The molecular weight excluding hydrogens is 232 g/mol. The van der Waals surface area contributed by atoms with Crippen LogP contribution in [0.3, 0.4) is 0 Å². The van der Waals surface area contributed by atoms with Gasteiger partial charge in [0.15, 0.2) is 0 Å². The number of carbonyl (C=O) groups excluding carboxylic acids is 1. The molecule has 1 N–H and O–H groups in total. The third kappa shape index (κ3) is 2.27. The number of amides is 1. The Kier molecular flexibility index (Phi) is 4.25. The van der Waals surface area contributed by atoms with Crippen LogP contribution in [0.25, 0.3) is 0 Å². The summed E-state index contributed by atoms with van der Waals surface area (Å²) < 4.78 is 10.8. The minimum Gasteiger partial charge on any atom is -0.377 e. The molecule has 0 radical (unpaired) electrons. The van der Waals surface area contributed by atoms with Gasteiger partial charge in [-0.15, -0.1) is 0 Å². The molecule has 5 heteroatoms. The van der Waals surface area contributed by atoms with E-state index in [1.807, 2.05) is 4.90 Å². The Morgan fingerprint density at radius 2 is 1.94 bits per heavy atom. The molecule has 3 unspecified atom stereocenters.